The number of benzene rings is 2. The number of aromatic nitrogens is 1. The largest absolute Gasteiger partial charge is 0.371 e. The van der Waals surface area contributed by atoms with Crippen LogP contribution in [0.15, 0.2) is 42.5 Å². The normalized spacial score (nSPS) is 14.0. The Labute approximate surface area is 158 Å². The topological polar surface area (TPSA) is 45.2 Å². The van der Waals surface area contributed by atoms with Crippen LogP contribution in [0.4, 0.5) is 15.8 Å². The molecular formula is C22H22FN3O. The minimum Gasteiger partial charge on any atom is -0.371 e. The standard InChI is InChI=1S/C22H22FN3O/c1-14-11-17(6-8-21(14)26-9-3-4-10-26)25-22(27)19-12-15(2)24-20-13-16(23)5-7-18(19)20/h5-8,11-13H,3-4,9-10H2,1-2H3,(H,25,27). The summed E-state index contributed by atoms with van der Waals surface area (Å²) in [7, 11) is 0. The molecule has 2 aromatic carbocycles. The smallest absolute Gasteiger partial charge is 0.256 e. The van der Waals surface area contributed by atoms with E-state index in [-0.39, 0.29) is 11.7 Å². The van der Waals surface area contributed by atoms with E-state index in [0.717, 1.165) is 24.3 Å². The molecule has 0 atom stereocenters. The van der Waals surface area contributed by atoms with Gasteiger partial charge < -0.3 is 10.2 Å². The maximum Gasteiger partial charge on any atom is 0.256 e. The first-order valence-corrected chi connectivity index (χ1v) is 9.25. The molecule has 1 fully saturated rings. The minimum absolute atomic E-state index is 0.217. The lowest BCUT2D eigenvalue weighted by atomic mass is 10.1. The van der Waals surface area contributed by atoms with Crippen molar-refractivity contribution in [1.29, 1.82) is 0 Å². The fourth-order valence-corrected chi connectivity index (χ4v) is 3.77. The van der Waals surface area contributed by atoms with Crippen LogP contribution in [-0.4, -0.2) is 24.0 Å². The third-order valence-corrected chi connectivity index (χ3v) is 5.05. The monoisotopic (exact) mass is 363 g/mol. The number of carbonyl (C=O) groups excluding carboxylic acids is 1. The molecule has 1 saturated heterocycles. The highest BCUT2D eigenvalue weighted by Crippen LogP contribution is 2.27. The highest BCUT2D eigenvalue weighted by Gasteiger charge is 2.16. The van der Waals surface area contributed by atoms with Gasteiger partial charge in [0, 0.05) is 41.6 Å². The Balaban J connectivity index is 1.63. The molecule has 138 valence electrons. The summed E-state index contributed by atoms with van der Waals surface area (Å²) in [6, 6.07) is 12.1. The number of rotatable bonds is 3. The van der Waals surface area contributed by atoms with Crippen LogP contribution in [0.3, 0.4) is 0 Å². The molecule has 0 aliphatic carbocycles. The summed E-state index contributed by atoms with van der Waals surface area (Å²) in [5.41, 5.74) is 4.79. The summed E-state index contributed by atoms with van der Waals surface area (Å²) in [6.45, 7) is 6.05. The molecular weight excluding hydrogens is 341 g/mol. The van der Waals surface area contributed by atoms with E-state index in [1.54, 1.807) is 19.1 Å². The highest BCUT2D eigenvalue weighted by atomic mass is 19.1. The van der Waals surface area contributed by atoms with Crippen molar-refractivity contribution < 1.29 is 9.18 Å². The first-order chi connectivity index (χ1) is 13.0. The van der Waals surface area contributed by atoms with Crippen molar-refractivity contribution in [3.05, 3.63) is 65.1 Å². The van der Waals surface area contributed by atoms with Crippen molar-refractivity contribution in [3.63, 3.8) is 0 Å². The lowest BCUT2D eigenvalue weighted by Crippen LogP contribution is -2.19. The molecule has 0 unspecified atom stereocenters. The van der Waals surface area contributed by atoms with Crippen LogP contribution in [0, 0.1) is 19.7 Å². The van der Waals surface area contributed by atoms with Crippen LogP contribution in [0.25, 0.3) is 10.9 Å². The number of fused-ring (bicyclic) bond motifs is 1. The van der Waals surface area contributed by atoms with Gasteiger partial charge in [0.2, 0.25) is 0 Å². The van der Waals surface area contributed by atoms with Gasteiger partial charge in [0.05, 0.1) is 11.1 Å². The Morgan fingerprint density at radius 3 is 2.59 bits per heavy atom. The number of carbonyl (C=O) groups is 1. The Kier molecular flexibility index (Phi) is 4.52. The average molecular weight is 363 g/mol. The van der Waals surface area contributed by atoms with Gasteiger partial charge >= 0.3 is 0 Å². The van der Waals surface area contributed by atoms with E-state index in [9.17, 15) is 9.18 Å². The minimum atomic E-state index is -0.361. The fraction of sp³-hybridized carbons (Fsp3) is 0.273. The van der Waals surface area contributed by atoms with E-state index in [1.807, 2.05) is 12.1 Å². The molecule has 27 heavy (non-hydrogen) atoms. The maximum atomic E-state index is 13.5. The predicted molar refractivity (Wildman–Crippen MR) is 107 cm³/mol. The Bertz CT molecular complexity index is 1020. The molecule has 1 aromatic heterocycles. The predicted octanol–water partition coefficient (Wildman–Crippen LogP) is 4.84. The van der Waals surface area contributed by atoms with Gasteiger partial charge in [-0.25, -0.2) is 4.39 Å². The molecule has 1 N–H and O–H groups in total. The molecule has 1 aliphatic rings. The number of nitrogens with zero attached hydrogens (tertiary/aromatic N) is 2. The summed E-state index contributed by atoms with van der Waals surface area (Å²) in [5.74, 6) is -0.578. The number of hydrogen-bond donors (Lipinski definition) is 1. The van der Waals surface area contributed by atoms with Gasteiger partial charge in [0.15, 0.2) is 0 Å². The zero-order valence-corrected chi connectivity index (χ0v) is 15.6. The van der Waals surface area contributed by atoms with E-state index in [1.165, 1.54) is 30.7 Å². The molecule has 1 aliphatic heterocycles. The van der Waals surface area contributed by atoms with Gasteiger partial charge in [-0.05, 0) is 68.7 Å². The van der Waals surface area contributed by atoms with Crippen molar-refractivity contribution in [1.82, 2.24) is 4.98 Å². The van der Waals surface area contributed by atoms with Gasteiger partial charge in [-0.1, -0.05) is 0 Å². The quantitative estimate of drug-likeness (QED) is 0.724. The number of halogens is 1. The van der Waals surface area contributed by atoms with Crippen LogP contribution in [0.5, 0.6) is 0 Å². The van der Waals surface area contributed by atoms with Gasteiger partial charge in [0.1, 0.15) is 5.82 Å². The summed E-state index contributed by atoms with van der Waals surface area (Å²) in [4.78, 5) is 19.6. The van der Waals surface area contributed by atoms with Crippen molar-refractivity contribution >= 4 is 28.2 Å². The lowest BCUT2D eigenvalue weighted by molar-refractivity contribution is 0.102. The fourth-order valence-electron chi connectivity index (χ4n) is 3.77. The van der Waals surface area contributed by atoms with Crippen molar-refractivity contribution in [2.75, 3.05) is 23.3 Å². The Morgan fingerprint density at radius 2 is 1.85 bits per heavy atom. The van der Waals surface area contributed by atoms with E-state index in [2.05, 4.69) is 28.2 Å². The second kappa shape index (κ2) is 6.99. The van der Waals surface area contributed by atoms with Crippen molar-refractivity contribution in [2.45, 2.75) is 26.7 Å². The number of hydrogen-bond acceptors (Lipinski definition) is 3. The van der Waals surface area contributed by atoms with E-state index < -0.39 is 0 Å². The molecule has 0 bridgehead atoms. The van der Waals surface area contributed by atoms with Gasteiger partial charge in [0.25, 0.3) is 5.91 Å². The SMILES string of the molecule is Cc1cc(C(=O)Nc2ccc(N3CCCC3)c(C)c2)c2ccc(F)cc2n1. The number of amides is 1. The van der Waals surface area contributed by atoms with Crippen molar-refractivity contribution in [3.8, 4) is 0 Å². The molecule has 4 rings (SSSR count). The third-order valence-electron chi connectivity index (χ3n) is 5.05. The second-order valence-electron chi connectivity index (χ2n) is 7.12. The molecule has 1 amide bonds. The van der Waals surface area contributed by atoms with E-state index in [4.69, 9.17) is 0 Å². The second-order valence-corrected chi connectivity index (χ2v) is 7.12. The molecule has 3 aromatic rings. The highest BCUT2D eigenvalue weighted by molar-refractivity contribution is 6.12. The van der Waals surface area contributed by atoms with Crippen LogP contribution in [0.1, 0.15) is 34.5 Å². The zero-order valence-electron chi connectivity index (χ0n) is 15.6. The summed E-state index contributed by atoms with van der Waals surface area (Å²) >= 11 is 0. The summed E-state index contributed by atoms with van der Waals surface area (Å²) < 4.78 is 13.5. The molecule has 2 heterocycles. The summed E-state index contributed by atoms with van der Waals surface area (Å²) in [6.07, 6.45) is 2.46. The number of nitrogens with one attached hydrogen (secondary N) is 1. The number of anilines is 2. The van der Waals surface area contributed by atoms with Gasteiger partial charge in [-0.15, -0.1) is 0 Å². The van der Waals surface area contributed by atoms with Crippen LogP contribution < -0.4 is 10.2 Å². The first-order valence-electron chi connectivity index (χ1n) is 9.25. The Morgan fingerprint density at radius 1 is 1.07 bits per heavy atom. The maximum absolute atomic E-state index is 13.5. The zero-order chi connectivity index (χ0) is 19.0. The molecule has 0 saturated carbocycles. The van der Waals surface area contributed by atoms with Crippen LogP contribution in [0.2, 0.25) is 0 Å². The first kappa shape index (κ1) is 17.5. The van der Waals surface area contributed by atoms with Gasteiger partial charge in [-0.3, -0.25) is 9.78 Å². The van der Waals surface area contributed by atoms with Gasteiger partial charge in [-0.2, -0.15) is 0 Å². The third kappa shape index (κ3) is 3.50. The van der Waals surface area contributed by atoms with Crippen molar-refractivity contribution in [2.24, 2.45) is 0 Å². The Hall–Kier alpha value is -2.95. The lowest BCUT2D eigenvalue weighted by Gasteiger charge is -2.20. The molecule has 4 nitrogen and oxygen atoms in total. The number of aryl methyl sites for hydroxylation is 2. The number of pyridine rings is 1. The van der Waals surface area contributed by atoms with Crippen LogP contribution in [-0.2, 0) is 0 Å². The molecule has 5 heteroatoms. The van der Waals surface area contributed by atoms with Crippen LogP contribution >= 0.6 is 0 Å². The van der Waals surface area contributed by atoms with E-state index in [0.29, 0.717) is 22.2 Å². The molecule has 0 radical (unpaired) electrons. The average Bonchev–Trinajstić information content (AvgIpc) is 3.15. The summed E-state index contributed by atoms with van der Waals surface area (Å²) in [5, 5.41) is 3.62. The van der Waals surface area contributed by atoms with E-state index >= 15 is 0 Å². The molecule has 0 spiro atoms.